The molecule has 0 spiro atoms. The molecular formula is C16H20ClN5O2S. The van der Waals surface area contributed by atoms with Gasteiger partial charge in [0.15, 0.2) is 0 Å². The molecule has 0 bridgehead atoms. The highest BCUT2D eigenvalue weighted by molar-refractivity contribution is 7.11. The summed E-state index contributed by atoms with van der Waals surface area (Å²) in [6.07, 6.45) is 9.59. The largest absolute Gasteiger partial charge is 0.352 e. The Labute approximate surface area is 154 Å². The van der Waals surface area contributed by atoms with E-state index in [1.807, 2.05) is 0 Å². The first-order chi connectivity index (χ1) is 12.1. The lowest BCUT2D eigenvalue weighted by molar-refractivity contribution is -0.122. The molecule has 2 N–H and O–H groups in total. The Kier molecular flexibility index (Phi) is 5.70. The van der Waals surface area contributed by atoms with E-state index in [0.29, 0.717) is 16.4 Å². The zero-order chi connectivity index (χ0) is 17.7. The fourth-order valence-electron chi connectivity index (χ4n) is 3.10. The van der Waals surface area contributed by atoms with Gasteiger partial charge in [-0.1, -0.05) is 30.9 Å². The highest BCUT2D eigenvalue weighted by atomic mass is 35.5. The van der Waals surface area contributed by atoms with Crippen LogP contribution in [0.5, 0.6) is 0 Å². The van der Waals surface area contributed by atoms with Crippen molar-refractivity contribution in [2.24, 2.45) is 0 Å². The molecule has 1 fully saturated rings. The van der Waals surface area contributed by atoms with Gasteiger partial charge in [-0.3, -0.25) is 19.3 Å². The number of halogens is 1. The summed E-state index contributed by atoms with van der Waals surface area (Å²) in [5.74, 6) is -0.283. The Bertz CT molecular complexity index is 725. The van der Waals surface area contributed by atoms with Crippen LogP contribution in [0.4, 0.5) is 0 Å². The van der Waals surface area contributed by atoms with E-state index in [4.69, 9.17) is 11.6 Å². The molecule has 0 atom stereocenters. The maximum atomic E-state index is 12.4. The van der Waals surface area contributed by atoms with Crippen LogP contribution in [0.3, 0.4) is 0 Å². The van der Waals surface area contributed by atoms with E-state index in [9.17, 15) is 9.59 Å². The molecule has 2 aromatic rings. The van der Waals surface area contributed by atoms with Gasteiger partial charge < -0.3 is 10.6 Å². The SMILES string of the molecule is O=C(Cn1cc(Cl)cn1)NCC1(NC(=O)c2cncs2)CCCCC1. The summed E-state index contributed by atoms with van der Waals surface area (Å²) >= 11 is 7.12. The van der Waals surface area contributed by atoms with Crippen molar-refractivity contribution in [3.05, 3.63) is 34.0 Å². The molecule has 7 nitrogen and oxygen atoms in total. The molecule has 0 unspecified atom stereocenters. The van der Waals surface area contributed by atoms with Gasteiger partial charge in [-0.25, -0.2) is 0 Å². The number of carbonyl (C=O) groups is 2. The number of thiazole rings is 1. The summed E-state index contributed by atoms with van der Waals surface area (Å²) in [5, 5.41) is 10.6. The van der Waals surface area contributed by atoms with E-state index in [-0.39, 0.29) is 18.4 Å². The summed E-state index contributed by atoms with van der Waals surface area (Å²) in [5.41, 5.74) is 1.23. The molecule has 0 aliphatic heterocycles. The lowest BCUT2D eigenvalue weighted by atomic mass is 9.81. The van der Waals surface area contributed by atoms with Crippen molar-refractivity contribution in [2.45, 2.75) is 44.2 Å². The minimum absolute atomic E-state index is 0.103. The molecule has 2 heterocycles. The number of nitrogens with one attached hydrogen (secondary N) is 2. The molecule has 2 aromatic heterocycles. The fourth-order valence-corrected chi connectivity index (χ4v) is 3.77. The lowest BCUT2D eigenvalue weighted by Crippen LogP contribution is -2.56. The molecule has 134 valence electrons. The van der Waals surface area contributed by atoms with Gasteiger partial charge in [-0.2, -0.15) is 5.10 Å². The second kappa shape index (κ2) is 7.97. The van der Waals surface area contributed by atoms with E-state index in [1.54, 1.807) is 17.9 Å². The first kappa shape index (κ1) is 17.9. The van der Waals surface area contributed by atoms with Crippen molar-refractivity contribution >= 4 is 34.8 Å². The van der Waals surface area contributed by atoms with Crippen LogP contribution in [0.25, 0.3) is 0 Å². The first-order valence-corrected chi connectivity index (χ1v) is 9.48. The molecule has 0 radical (unpaired) electrons. The van der Waals surface area contributed by atoms with Crippen molar-refractivity contribution in [3.8, 4) is 0 Å². The minimum atomic E-state index is -0.406. The summed E-state index contributed by atoms with van der Waals surface area (Å²) in [6.45, 7) is 0.511. The van der Waals surface area contributed by atoms with Gasteiger partial charge >= 0.3 is 0 Å². The predicted octanol–water partition coefficient (Wildman–Crippen LogP) is 2.24. The van der Waals surface area contributed by atoms with E-state index in [1.165, 1.54) is 22.2 Å². The maximum absolute atomic E-state index is 12.4. The maximum Gasteiger partial charge on any atom is 0.263 e. The van der Waals surface area contributed by atoms with Crippen LogP contribution in [0.2, 0.25) is 5.02 Å². The van der Waals surface area contributed by atoms with Crippen molar-refractivity contribution in [2.75, 3.05) is 6.54 Å². The third-order valence-electron chi connectivity index (χ3n) is 4.38. The standard InChI is InChI=1S/C16H20ClN5O2S/c17-12-6-20-22(8-12)9-14(23)19-10-16(4-2-1-3-5-16)21-15(24)13-7-18-11-25-13/h6-8,11H,1-5,9-10H2,(H,19,23)(H,21,24). The second-order valence-corrected chi connectivity index (χ2v) is 7.62. The van der Waals surface area contributed by atoms with Gasteiger partial charge in [-0.05, 0) is 12.8 Å². The number of amides is 2. The molecule has 1 aliphatic carbocycles. The smallest absolute Gasteiger partial charge is 0.263 e. The highest BCUT2D eigenvalue weighted by Gasteiger charge is 2.34. The molecule has 0 saturated heterocycles. The third-order valence-corrected chi connectivity index (χ3v) is 5.34. The quantitative estimate of drug-likeness (QED) is 0.803. The number of carbonyl (C=O) groups excluding carboxylic acids is 2. The third kappa shape index (κ3) is 4.79. The molecule has 1 saturated carbocycles. The summed E-state index contributed by atoms with van der Waals surface area (Å²) in [4.78, 5) is 29.2. The highest BCUT2D eigenvalue weighted by Crippen LogP contribution is 2.28. The molecule has 0 aromatic carbocycles. The zero-order valence-electron chi connectivity index (χ0n) is 13.7. The molecule has 2 amide bonds. The van der Waals surface area contributed by atoms with Gasteiger partial charge in [0.2, 0.25) is 5.91 Å². The van der Waals surface area contributed by atoms with Crippen molar-refractivity contribution in [3.63, 3.8) is 0 Å². The molecule has 9 heteroatoms. The molecule has 1 aliphatic rings. The zero-order valence-corrected chi connectivity index (χ0v) is 15.3. The van der Waals surface area contributed by atoms with E-state index in [2.05, 4.69) is 20.7 Å². The first-order valence-electron chi connectivity index (χ1n) is 8.22. The normalized spacial score (nSPS) is 16.4. The molecule has 3 rings (SSSR count). The van der Waals surface area contributed by atoms with Gasteiger partial charge in [-0.15, -0.1) is 11.3 Å². The number of nitrogens with zero attached hydrogens (tertiary/aromatic N) is 3. The van der Waals surface area contributed by atoms with E-state index in [0.717, 1.165) is 32.1 Å². The number of hydrogen-bond donors (Lipinski definition) is 2. The summed E-state index contributed by atoms with van der Waals surface area (Å²) in [6, 6.07) is 0. The monoisotopic (exact) mass is 381 g/mol. The van der Waals surface area contributed by atoms with Crippen LogP contribution in [0.15, 0.2) is 24.1 Å². The van der Waals surface area contributed by atoms with Crippen molar-refractivity contribution < 1.29 is 9.59 Å². The lowest BCUT2D eigenvalue weighted by Gasteiger charge is -2.38. The summed E-state index contributed by atoms with van der Waals surface area (Å²) in [7, 11) is 0. The Morgan fingerprint density at radius 2 is 2.08 bits per heavy atom. The van der Waals surface area contributed by atoms with Gasteiger partial charge in [0.1, 0.15) is 11.4 Å². The fraction of sp³-hybridized carbons (Fsp3) is 0.500. The minimum Gasteiger partial charge on any atom is -0.352 e. The molecular weight excluding hydrogens is 362 g/mol. The number of rotatable bonds is 6. The van der Waals surface area contributed by atoms with E-state index < -0.39 is 5.54 Å². The van der Waals surface area contributed by atoms with Crippen LogP contribution in [-0.4, -0.2) is 38.7 Å². The number of aromatic nitrogens is 3. The van der Waals surface area contributed by atoms with Gasteiger partial charge in [0, 0.05) is 12.7 Å². The topological polar surface area (TPSA) is 88.9 Å². The molecule has 25 heavy (non-hydrogen) atoms. The average molecular weight is 382 g/mol. The average Bonchev–Trinajstić information content (AvgIpc) is 3.26. The van der Waals surface area contributed by atoms with Crippen LogP contribution in [0, 0.1) is 0 Å². The van der Waals surface area contributed by atoms with Gasteiger partial charge in [0.25, 0.3) is 5.91 Å². The Hall–Kier alpha value is -1.93. The van der Waals surface area contributed by atoms with Crippen LogP contribution < -0.4 is 10.6 Å². The van der Waals surface area contributed by atoms with Crippen LogP contribution in [0.1, 0.15) is 41.8 Å². The van der Waals surface area contributed by atoms with Gasteiger partial charge in [0.05, 0.1) is 28.5 Å². The number of hydrogen-bond acceptors (Lipinski definition) is 5. The Morgan fingerprint density at radius 1 is 1.28 bits per heavy atom. The van der Waals surface area contributed by atoms with Crippen molar-refractivity contribution in [1.82, 2.24) is 25.4 Å². The Balaban J connectivity index is 1.60. The van der Waals surface area contributed by atoms with Crippen LogP contribution in [-0.2, 0) is 11.3 Å². The van der Waals surface area contributed by atoms with Crippen LogP contribution >= 0.6 is 22.9 Å². The Morgan fingerprint density at radius 3 is 2.72 bits per heavy atom. The predicted molar refractivity (Wildman–Crippen MR) is 95.6 cm³/mol. The van der Waals surface area contributed by atoms with Crippen molar-refractivity contribution in [1.29, 1.82) is 0 Å². The second-order valence-electron chi connectivity index (χ2n) is 6.29. The summed E-state index contributed by atoms with van der Waals surface area (Å²) < 4.78 is 1.49. The van der Waals surface area contributed by atoms with E-state index >= 15 is 0 Å².